The van der Waals surface area contributed by atoms with Crippen LogP contribution in [0.2, 0.25) is 0 Å². The van der Waals surface area contributed by atoms with Crippen molar-refractivity contribution < 1.29 is 4.39 Å². The minimum atomic E-state index is -0.440. The molecule has 2 nitrogen and oxygen atoms in total. The molecule has 1 aromatic heterocycles. The van der Waals surface area contributed by atoms with Crippen LogP contribution in [-0.4, -0.2) is 0 Å². The third-order valence-electron chi connectivity index (χ3n) is 2.12. The molecule has 70 valence electrons. The average Bonchev–Trinajstić information content (AvgIpc) is 2.60. The highest BCUT2D eigenvalue weighted by atomic mass is 32.1. The zero-order valence-corrected chi connectivity index (χ0v) is 8.07. The topological polar surface area (TPSA) is 49.8 Å². The van der Waals surface area contributed by atoms with Gasteiger partial charge in [0.1, 0.15) is 5.82 Å². The van der Waals surface area contributed by atoms with E-state index in [-0.39, 0.29) is 12.1 Å². The van der Waals surface area contributed by atoms with Crippen LogP contribution in [0.3, 0.4) is 0 Å². The molecule has 0 aliphatic carbocycles. The zero-order chi connectivity index (χ0) is 10.1. The molecule has 2 rings (SSSR count). The molecule has 0 aliphatic rings. The predicted molar refractivity (Wildman–Crippen MR) is 55.5 cm³/mol. The van der Waals surface area contributed by atoms with Crippen LogP contribution in [0.1, 0.15) is 5.56 Å². The van der Waals surface area contributed by atoms with E-state index in [0.29, 0.717) is 5.56 Å². The van der Waals surface area contributed by atoms with Crippen LogP contribution < -0.4 is 5.73 Å². The van der Waals surface area contributed by atoms with Crippen LogP contribution in [0.25, 0.3) is 10.1 Å². The van der Waals surface area contributed by atoms with Crippen molar-refractivity contribution in [1.29, 1.82) is 5.26 Å². The van der Waals surface area contributed by atoms with E-state index >= 15 is 0 Å². The Bertz CT molecular complexity index is 525. The van der Waals surface area contributed by atoms with E-state index in [1.807, 2.05) is 17.5 Å². The summed E-state index contributed by atoms with van der Waals surface area (Å²) in [5, 5.41) is 11.4. The summed E-state index contributed by atoms with van der Waals surface area (Å²) in [5.41, 5.74) is 6.27. The van der Waals surface area contributed by atoms with Crippen molar-refractivity contribution in [3.63, 3.8) is 0 Å². The van der Waals surface area contributed by atoms with E-state index in [0.717, 1.165) is 10.1 Å². The standard InChI is InChI=1S/C10H7FN2S/c11-8-5-9-6(2-4-14-9)7(1-3-12)10(8)13/h2,4-5H,1,13H2. The van der Waals surface area contributed by atoms with Crippen molar-refractivity contribution >= 4 is 27.1 Å². The summed E-state index contributed by atoms with van der Waals surface area (Å²) in [5.74, 6) is -0.440. The third kappa shape index (κ3) is 1.22. The summed E-state index contributed by atoms with van der Waals surface area (Å²) < 4.78 is 14.1. The molecule has 0 atom stereocenters. The van der Waals surface area contributed by atoms with Gasteiger partial charge in [0.25, 0.3) is 0 Å². The van der Waals surface area contributed by atoms with Crippen LogP contribution in [0.15, 0.2) is 17.5 Å². The lowest BCUT2D eigenvalue weighted by molar-refractivity contribution is 0.633. The van der Waals surface area contributed by atoms with E-state index in [9.17, 15) is 4.39 Å². The Labute approximate surface area is 84.4 Å². The number of nitriles is 1. The molecule has 2 aromatic rings. The molecule has 2 N–H and O–H groups in total. The summed E-state index contributed by atoms with van der Waals surface area (Å²) in [6, 6.07) is 5.27. The van der Waals surface area contributed by atoms with E-state index in [2.05, 4.69) is 0 Å². The lowest BCUT2D eigenvalue weighted by Gasteiger charge is -2.04. The minimum absolute atomic E-state index is 0.0949. The smallest absolute Gasteiger partial charge is 0.147 e. The maximum absolute atomic E-state index is 13.3. The van der Waals surface area contributed by atoms with Gasteiger partial charge in [0.2, 0.25) is 0 Å². The first-order valence-corrected chi connectivity index (χ1v) is 4.93. The molecule has 0 fully saturated rings. The molecule has 14 heavy (non-hydrogen) atoms. The van der Waals surface area contributed by atoms with Crippen molar-refractivity contribution in [2.24, 2.45) is 0 Å². The highest BCUT2D eigenvalue weighted by Crippen LogP contribution is 2.30. The number of hydrogen-bond donors (Lipinski definition) is 1. The van der Waals surface area contributed by atoms with E-state index in [1.54, 1.807) is 0 Å². The molecule has 0 aliphatic heterocycles. The number of nitrogens with zero attached hydrogens (tertiary/aromatic N) is 1. The Kier molecular flexibility index (Phi) is 2.10. The van der Waals surface area contributed by atoms with Crippen molar-refractivity contribution in [1.82, 2.24) is 0 Å². The fourth-order valence-electron chi connectivity index (χ4n) is 1.43. The highest BCUT2D eigenvalue weighted by molar-refractivity contribution is 7.17. The summed E-state index contributed by atoms with van der Waals surface area (Å²) in [7, 11) is 0. The lowest BCUT2D eigenvalue weighted by Crippen LogP contribution is -1.97. The molecule has 1 heterocycles. The van der Waals surface area contributed by atoms with Gasteiger partial charge in [-0.15, -0.1) is 11.3 Å². The number of rotatable bonds is 1. The monoisotopic (exact) mass is 206 g/mol. The molecule has 1 aromatic carbocycles. The number of nitrogen functional groups attached to an aromatic ring is 1. The van der Waals surface area contributed by atoms with Gasteiger partial charge in [0.15, 0.2) is 0 Å². The van der Waals surface area contributed by atoms with Gasteiger partial charge < -0.3 is 5.73 Å². The fourth-order valence-corrected chi connectivity index (χ4v) is 2.27. The Morgan fingerprint density at radius 2 is 2.36 bits per heavy atom. The van der Waals surface area contributed by atoms with Crippen molar-refractivity contribution in [3.8, 4) is 6.07 Å². The van der Waals surface area contributed by atoms with Crippen LogP contribution in [0, 0.1) is 17.1 Å². The Balaban J connectivity index is 2.81. The number of anilines is 1. The maximum Gasteiger partial charge on any atom is 0.147 e. The van der Waals surface area contributed by atoms with Gasteiger partial charge in [0, 0.05) is 10.3 Å². The maximum atomic E-state index is 13.3. The molecule has 0 spiro atoms. The number of benzene rings is 1. The van der Waals surface area contributed by atoms with E-state index in [1.165, 1.54) is 17.4 Å². The molecule has 0 unspecified atom stereocenters. The summed E-state index contributed by atoms with van der Waals surface area (Å²) >= 11 is 1.45. The Morgan fingerprint density at radius 3 is 3.07 bits per heavy atom. The second-order valence-electron chi connectivity index (χ2n) is 2.92. The van der Waals surface area contributed by atoms with Gasteiger partial charge in [-0.1, -0.05) is 0 Å². The first-order chi connectivity index (χ1) is 6.74. The van der Waals surface area contributed by atoms with E-state index < -0.39 is 5.82 Å². The summed E-state index contributed by atoms with van der Waals surface area (Å²) in [6.45, 7) is 0. The van der Waals surface area contributed by atoms with Gasteiger partial charge >= 0.3 is 0 Å². The minimum Gasteiger partial charge on any atom is -0.396 e. The SMILES string of the molecule is N#CCc1c(N)c(F)cc2sccc12. The van der Waals surface area contributed by atoms with Gasteiger partial charge in [-0.3, -0.25) is 0 Å². The van der Waals surface area contributed by atoms with Crippen LogP contribution in [0.5, 0.6) is 0 Å². The summed E-state index contributed by atoms with van der Waals surface area (Å²) in [6.07, 6.45) is 0.150. The van der Waals surface area contributed by atoms with Crippen LogP contribution in [0.4, 0.5) is 10.1 Å². The molecule has 0 radical (unpaired) electrons. The first-order valence-electron chi connectivity index (χ1n) is 4.05. The third-order valence-corrected chi connectivity index (χ3v) is 2.98. The van der Waals surface area contributed by atoms with Crippen LogP contribution >= 0.6 is 11.3 Å². The highest BCUT2D eigenvalue weighted by Gasteiger charge is 2.10. The lowest BCUT2D eigenvalue weighted by atomic mass is 10.1. The van der Waals surface area contributed by atoms with Gasteiger partial charge in [0.05, 0.1) is 18.2 Å². The number of fused-ring (bicyclic) bond motifs is 1. The number of thiophene rings is 1. The average molecular weight is 206 g/mol. The number of halogens is 1. The fraction of sp³-hybridized carbons (Fsp3) is 0.100. The molecule has 0 amide bonds. The molecule has 0 bridgehead atoms. The van der Waals surface area contributed by atoms with Gasteiger partial charge in [-0.25, -0.2) is 4.39 Å². The van der Waals surface area contributed by atoms with Crippen molar-refractivity contribution in [2.75, 3.05) is 5.73 Å². The zero-order valence-electron chi connectivity index (χ0n) is 7.25. The molecular weight excluding hydrogens is 199 g/mol. The second kappa shape index (κ2) is 3.28. The van der Waals surface area contributed by atoms with E-state index in [4.69, 9.17) is 11.0 Å². The normalized spacial score (nSPS) is 10.3. The number of nitrogens with two attached hydrogens (primary N) is 1. The molecule has 0 saturated heterocycles. The second-order valence-corrected chi connectivity index (χ2v) is 3.87. The molecule has 0 saturated carbocycles. The van der Waals surface area contributed by atoms with Crippen molar-refractivity contribution in [3.05, 3.63) is 28.9 Å². The number of hydrogen-bond acceptors (Lipinski definition) is 3. The first kappa shape index (κ1) is 8.97. The van der Waals surface area contributed by atoms with Gasteiger partial charge in [-0.05, 0) is 22.9 Å². The Hall–Kier alpha value is -1.60. The summed E-state index contributed by atoms with van der Waals surface area (Å²) in [4.78, 5) is 0. The quantitative estimate of drug-likeness (QED) is 0.729. The Morgan fingerprint density at radius 1 is 1.57 bits per heavy atom. The van der Waals surface area contributed by atoms with Crippen molar-refractivity contribution in [2.45, 2.75) is 6.42 Å². The predicted octanol–water partition coefficient (Wildman–Crippen LogP) is 2.69. The van der Waals surface area contributed by atoms with Crippen LogP contribution in [-0.2, 0) is 6.42 Å². The van der Waals surface area contributed by atoms with Gasteiger partial charge in [-0.2, -0.15) is 5.26 Å². The molecule has 4 heteroatoms. The largest absolute Gasteiger partial charge is 0.396 e. The molecular formula is C10H7FN2S.